The Morgan fingerprint density at radius 1 is 1.29 bits per heavy atom. The molecule has 0 saturated heterocycles. The van der Waals surface area contributed by atoms with E-state index in [0.717, 1.165) is 10.8 Å². The molecule has 1 rings (SSSR count). The van der Waals surface area contributed by atoms with Crippen LogP contribution < -0.4 is 0 Å². The van der Waals surface area contributed by atoms with Gasteiger partial charge in [0.15, 0.2) is 0 Å². The largest absolute Gasteiger partial charge is 0.224 e. The summed E-state index contributed by atoms with van der Waals surface area (Å²) in [7, 11) is 0. The van der Waals surface area contributed by atoms with Gasteiger partial charge in [0.2, 0.25) is 0 Å². The molecule has 0 amide bonds. The number of halogens is 1. The molecule has 1 aromatic rings. The maximum atomic E-state index is 6.03. The number of hydrogen-bond donors (Lipinski definition) is 0. The molecular formula is C10H17ClN2S. The van der Waals surface area contributed by atoms with Gasteiger partial charge in [0.05, 0.1) is 0 Å². The molecule has 2 unspecified atom stereocenters. The third-order valence-corrected chi connectivity index (χ3v) is 3.48. The molecule has 0 bridgehead atoms. The molecule has 0 N–H and O–H groups in total. The molecule has 0 spiro atoms. The maximum absolute atomic E-state index is 6.03. The van der Waals surface area contributed by atoms with Gasteiger partial charge in [0.1, 0.15) is 10.8 Å². The first-order valence-corrected chi connectivity index (χ1v) is 6.01. The number of aromatic nitrogens is 2. The van der Waals surface area contributed by atoms with Crippen LogP contribution >= 0.6 is 23.1 Å². The lowest BCUT2D eigenvalue weighted by Crippen LogP contribution is -2.14. The van der Waals surface area contributed by atoms with Crippen LogP contribution in [0.25, 0.3) is 0 Å². The number of hydrogen-bond acceptors (Lipinski definition) is 3. The lowest BCUT2D eigenvalue weighted by molar-refractivity contribution is 0.550. The molecule has 0 fully saturated rings. The highest BCUT2D eigenvalue weighted by Crippen LogP contribution is 2.27. The van der Waals surface area contributed by atoms with Gasteiger partial charge in [-0.3, -0.25) is 0 Å². The lowest BCUT2D eigenvalue weighted by Gasteiger charge is -2.13. The Bertz CT molecular complexity index is 301. The van der Waals surface area contributed by atoms with Crippen LogP contribution in [-0.2, 0) is 5.41 Å². The van der Waals surface area contributed by atoms with Gasteiger partial charge >= 0.3 is 0 Å². The predicted molar refractivity (Wildman–Crippen MR) is 62.3 cm³/mol. The molecule has 0 aliphatic rings. The highest BCUT2D eigenvalue weighted by molar-refractivity contribution is 7.05. The van der Waals surface area contributed by atoms with Crippen molar-refractivity contribution in [2.45, 2.75) is 51.3 Å². The van der Waals surface area contributed by atoms with Crippen LogP contribution in [0.3, 0.4) is 0 Å². The van der Waals surface area contributed by atoms with Gasteiger partial charge in [-0.2, -0.15) is 4.37 Å². The summed E-state index contributed by atoms with van der Waals surface area (Å²) in [6, 6.07) is 0. The molecule has 1 aromatic heterocycles. The van der Waals surface area contributed by atoms with E-state index in [-0.39, 0.29) is 16.7 Å². The van der Waals surface area contributed by atoms with Crippen LogP contribution in [0.15, 0.2) is 0 Å². The molecular weight excluding hydrogens is 216 g/mol. The van der Waals surface area contributed by atoms with Crippen LogP contribution in [0, 0.1) is 0 Å². The van der Waals surface area contributed by atoms with Gasteiger partial charge in [0.25, 0.3) is 0 Å². The van der Waals surface area contributed by atoms with Crippen molar-refractivity contribution in [2.24, 2.45) is 0 Å². The zero-order valence-electron chi connectivity index (χ0n) is 9.34. The van der Waals surface area contributed by atoms with Gasteiger partial charge in [-0.15, -0.1) is 11.6 Å². The third-order valence-electron chi connectivity index (χ3n) is 2.19. The van der Waals surface area contributed by atoms with Crippen LogP contribution in [0.2, 0.25) is 0 Å². The summed E-state index contributed by atoms with van der Waals surface area (Å²) in [4.78, 5) is 4.53. The smallest absolute Gasteiger partial charge is 0.147 e. The summed E-state index contributed by atoms with van der Waals surface area (Å²) in [5.74, 6) is 1.20. The lowest BCUT2D eigenvalue weighted by atomic mass is 9.96. The highest BCUT2D eigenvalue weighted by atomic mass is 35.5. The van der Waals surface area contributed by atoms with E-state index in [1.165, 1.54) is 11.5 Å². The van der Waals surface area contributed by atoms with E-state index in [9.17, 15) is 0 Å². The van der Waals surface area contributed by atoms with Crippen LogP contribution in [-0.4, -0.2) is 14.7 Å². The topological polar surface area (TPSA) is 25.8 Å². The van der Waals surface area contributed by atoms with Crippen molar-refractivity contribution in [2.75, 3.05) is 0 Å². The molecule has 2 atom stereocenters. The van der Waals surface area contributed by atoms with E-state index in [1.807, 2.05) is 6.92 Å². The summed E-state index contributed by atoms with van der Waals surface area (Å²) in [5, 5.41) is 1.15. The third kappa shape index (κ3) is 2.67. The molecule has 0 aromatic carbocycles. The first-order chi connectivity index (χ1) is 6.32. The van der Waals surface area contributed by atoms with Crippen molar-refractivity contribution in [1.82, 2.24) is 9.36 Å². The first-order valence-electron chi connectivity index (χ1n) is 4.80. The average Bonchev–Trinajstić information content (AvgIpc) is 2.49. The molecule has 1 heterocycles. The first kappa shape index (κ1) is 11.9. The second-order valence-electron chi connectivity index (χ2n) is 4.67. The predicted octanol–water partition coefficient (Wildman–Crippen LogP) is 3.57. The SMILES string of the molecule is CC(Cl)C(C)c1nc(C(C)(C)C)ns1. The van der Waals surface area contributed by atoms with E-state index >= 15 is 0 Å². The van der Waals surface area contributed by atoms with E-state index in [1.54, 1.807) is 0 Å². The van der Waals surface area contributed by atoms with Gasteiger partial charge < -0.3 is 0 Å². The van der Waals surface area contributed by atoms with Gasteiger partial charge in [-0.25, -0.2) is 4.98 Å². The van der Waals surface area contributed by atoms with Crippen LogP contribution in [0.5, 0.6) is 0 Å². The quantitative estimate of drug-likeness (QED) is 0.729. The fraction of sp³-hybridized carbons (Fsp3) is 0.800. The Hall–Kier alpha value is -0.150. The molecule has 0 radical (unpaired) electrons. The van der Waals surface area contributed by atoms with E-state index in [2.05, 4.69) is 37.1 Å². The van der Waals surface area contributed by atoms with Crippen molar-refractivity contribution in [3.8, 4) is 0 Å². The van der Waals surface area contributed by atoms with Crippen molar-refractivity contribution in [3.05, 3.63) is 10.8 Å². The highest BCUT2D eigenvalue weighted by Gasteiger charge is 2.22. The molecule has 80 valence electrons. The van der Waals surface area contributed by atoms with Crippen molar-refractivity contribution in [1.29, 1.82) is 0 Å². The summed E-state index contributed by atoms with van der Waals surface area (Å²) < 4.78 is 4.36. The second kappa shape index (κ2) is 4.15. The van der Waals surface area contributed by atoms with E-state index < -0.39 is 0 Å². The van der Waals surface area contributed by atoms with Gasteiger partial charge in [-0.05, 0) is 18.5 Å². The minimum Gasteiger partial charge on any atom is -0.224 e. The van der Waals surface area contributed by atoms with Crippen molar-refractivity contribution in [3.63, 3.8) is 0 Å². The summed E-state index contributed by atoms with van der Waals surface area (Å²) in [6.07, 6.45) is 0. The van der Waals surface area contributed by atoms with Crippen LogP contribution in [0.1, 0.15) is 51.4 Å². The zero-order valence-corrected chi connectivity index (χ0v) is 10.9. The van der Waals surface area contributed by atoms with Crippen molar-refractivity contribution >= 4 is 23.1 Å². The van der Waals surface area contributed by atoms with E-state index in [4.69, 9.17) is 11.6 Å². The van der Waals surface area contributed by atoms with Crippen molar-refractivity contribution < 1.29 is 0 Å². The minimum absolute atomic E-state index is 0.0318. The Labute approximate surface area is 94.9 Å². The average molecular weight is 233 g/mol. The Kier molecular flexibility index (Phi) is 3.53. The fourth-order valence-electron chi connectivity index (χ4n) is 0.921. The van der Waals surface area contributed by atoms with Crippen LogP contribution in [0.4, 0.5) is 0 Å². The molecule has 4 heteroatoms. The Balaban J connectivity index is 2.89. The number of rotatable bonds is 2. The maximum Gasteiger partial charge on any atom is 0.147 e. The Morgan fingerprint density at radius 3 is 2.21 bits per heavy atom. The second-order valence-corrected chi connectivity index (χ2v) is 6.14. The molecule has 0 saturated carbocycles. The normalized spacial score (nSPS) is 16.7. The molecule has 0 aliphatic heterocycles. The molecule has 2 nitrogen and oxygen atoms in total. The number of alkyl halides is 1. The monoisotopic (exact) mass is 232 g/mol. The van der Waals surface area contributed by atoms with E-state index in [0.29, 0.717) is 0 Å². The summed E-state index contributed by atoms with van der Waals surface area (Å²) >= 11 is 7.49. The number of nitrogens with zero attached hydrogens (tertiary/aromatic N) is 2. The zero-order chi connectivity index (χ0) is 10.9. The Morgan fingerprint density at radius 2 is 1.86 bits per heavy atom. The van der Waals surface area contributed by atoms with Gasteiger partial charge in [-0.1, -0.05) is 27.7 Å². The summed E-state index contributed by atoms with van der Waals surface area (Å²) in [5.41, 5.74) is 0.0318. The molecule has 0 aliphatic carbocycles. The minimum atomic E-state index is 0.0318. The standard InChI is InChI=1S/C10H17ClN2S/c1-6(7(2)11)8-12-9(13-14-8)10(3,4)5/h6-7H,1-5H3. The summed E-state index contributed by atoms with van der Waals surface area (Å²) in [6.45, 7) is 10.4. The molecule has 14 heavy (non-hydrogen) atoms. The fourth-order valence-corrected chi connectivity index (χ4v) is 2.11. The van der Waals surface area contributed by atoms with Gasteiger partial charge in [0, 0.05) is 16.7 Å².